The van der Waals surface area contributed by atoms with Crippen LogP contribution in [0, 0.1) is 0 Å². The quantitative estimate of drug-likeness (QED) is 0.0688. The van der Waals surface area contributed by atoms with Gasteiger partial charge in [-0.3, -0.25) is 0 Å². The predicted molar refractivity (Wildman–Crippen MR) is 181 cm³/mol. The van der Waals surface area contributed by atoms with E-state index in [1.807, 2.05) is 0 Å². The Morgan fingerprint density at radius 2 is 0.750 bits per heavy atom. The van der Waals surface area contributed by atoms with Crippen LogP contribution in [0.4, 0.5) is 101 Å². The SMILES string of the molecule is C=C(F)CC(F)(F)C(=C)OC.C=C(F)CCC(F)(F)C(=C)F.C=C(F)OC(C)(OC(=C)C(F)(F)F)C(F)(F)F.C=C(F)OC(C)(OC(=C)F)C(F)(F)F.C=C(F)OCC(F)(F)C(=C)F. The topological polar surface area (TPSA) is 55.4 Å². The first-order valence-corrected chi connectivity index (χ1v) is 15.4. The maximum atomic E-state index is 12.5. The summed E-state index contributed by atoms with van der Waals surface area (Å²) in [6.07, 6.45) is -18.3. The molecule has 0 heterocycles. The molecule has 0 saturated carbocycles. The van der Waals surface area contributed by atoms with Crippen LogP contribution in [-0.2, 0) is 28.4 Å². The van der Waals surface area contributed by atoms with Gasteiger partial charge in [0.15, 0.2) is 29.8 Å². The lowest BCUT2D eigenvalue weighted by Crippen LogP contribution is -2.47. The van der Waals surface area contributed by atoms with Crippen molar-refractivity contribution in [2.24, 2.45) is 0 Å². The van der Waals surface area contributed by atoms with Crippen molar-refractivity contribution in [2.45, 2.75) is 81.0 Å². The van der Waals surface area contributed by atoms with Crippen molar-refractivity contribution in [1.29, 1.82) is 0 Å². The molecule has 0 spiro atoms. The average Bonchev–Trinajstić information content (AvgIpc) is 3.04. The minimum absolute atomic E-state index is 0.0642. The molecule has 0 aliphatic carbocycles. The van der Waals surface area contributed by atoms with Crippen LogP contribution >= 0.6 is 0 Å². The first kappa shape index (κ1) is 67.7. The Morgan fingerprint density at radius 1 is 0.422 bits per heavy atom. The molecule has 0 aliphatic heterocycles. The Labute approximate surface area is 349 Å². The minimum atomic E-state index is -5.42. The summed E-state index contributed by atoms with van der Waals surface area (Å²) >= 11 is 0. The van der Waals surface area contributed by atoms with Gasteiger partial charge in [-0.15, -0.1) is 0 Å². The smallest absolute Gasteiger partial charge is 0.467 e. The molecule has 0 aromatic heterocycles. The minimum Gasteiger partial charge on any atom is -0.495 e. The number of hydrogen-bond donors (Lipinski definition) is 0. The Bertz CT molecular complexity index is 1570. The van der Waals surface area contributed by atoms with E-state index in [1.165, 1.54) is 0 Å². The number of ether oxygens (including phenoxy) is 6. The number of halogens is 23. The Kier molecular flexibility index (Phi) is 28.6. The molecular weight excluding hydrogens is 953 g/mol. The van der Waals surface area contributed by atoms with E-state index < -0.39 is 133 Å². The summed E-state index contributed by atoms with van der Waals surface area (Å²) < 4.78 is 300. The number of allylic oxidation sites excluding steroid dienone is 5. The Hall–Kier alpha value is -5.41. The van der Waals surface area contributed by atoms with Gasteiger partial charge in [-0.25, -0.2) is 17.6 Å². The zero-order valence-electron chi connectivity index (χ0n) is 33.0. The molecule has 374 valence electrons. The van der Waals surface area contributed by atoms with E-state index in [1.54, 1.807) is 0 Å². The molecule has 0 fully saturated rings. The Morgan fingerprint density at radius 3 is 0.969 bits per heavy atom. The van der Waals surface area contributed by atoms with Crippen LogP contribution in [0.1, 0.15) is 33.1 Å². The zero-order valence-corrected chi connectivity index (χ0v) is 33.0. The van der Waals surface area contributed by atoms with Gasteiger partial charge in [0.2, 0.25) is 0 Å². The number of methoxy groups -OCH3 is 1. The van der Waals surface area contributed by atoms with E-state index in [0.29, 0.717) is 6.92 Å². The van der Waals surface area contributed by atoms with Gasteiger partial charge < -0.3 is 28.4 Å². The van der Waals surface area contributed by atoms with Crippen molar-refractivity contribution in [3.63, 3.8) is 0 Å². The molecule has 1 atom stereocenters. The van der Waals surface area contributed by atoms with Crippen molar-refractivity contribution in [3.05, 3.63) is 125 Å². The summed E-state index contributed by atoms with van der Waals surface area (Å²) in [5.74, 6) is -26.7. The summed E-state index contributed by atoms with van der Waals surface area (Å²) in [6, 6.07) is -6.82. The van der Waals surface area contributed by atoms with E-state index in [9.17, 15) is 101 Å². The van der Waals surface area contributed by atoms with Crippen molar-refractivity contribution < 1.29 is 129 Å². The first-order chi connectivity index (χ1) is 28.0. The second-order valence-corrected chi connectivity index (χ2v) is 11.2. The Balaban J connectivity index is -0.000000229. The van der Waals surface area contributed by atoms with Gasteiger partial charge in [0.1, 0.15) is 0 Å². The molecule has 0 rings (SSSR count). The van der Waals surface area contributed by atoms with E-state index in [4.69, 9.17) is 0 Å². The largest absolute Gasteiger partial charge is 0.495 e. The van der Waals surface area contributed by atoms with Crippen molar-refractivity contribution in [3.8, 4) is 0 Å². The molecule has 0 radical (unpaired) electrons. The lowest BCUT2D eigenvalue weighted by molar-refractivity contribution is -0.364. The lowest BCUT2D eigenvalue weighted by atomic mass is 10.1. The third kappa shape index (κ3) is 30.6. The van der Waals surface area contributed by atoms with Gasteiger partial charge in [0, 0.05) is 26.7 Å². The highest BCUT2D eigenvalue weighted by atomic mass is 19.4. The molecule has 64 heavy (non-hydrogen) atoms. The van der Waals surface area contributed by atoms with Crippen LogP contribution in [0.2, 0.25) is 0 Å². The summed E-state index contributed by atoms with van der Waals surface area (Å²) in [4.78, 5) is 0. The number of rotatable bonds is 20. The number of alkyl halides is 15. The predicted octanol–water partition coefficient (Wildman–Crippen LogP) is 15.6. The van der Waals surface area contributed by atoms with Crippen LogP contribution in [-0.4, -0.2) is 61.6 Å². The molecule has 0 aromatic carbocycles. The molecule has 29 heteroatoms. The maximum Gasteiger partial charge on any atom is 0.467 e. The summed E-state index contributed by atoms with van der Waals surface area (Å²) in [7, 11) is 1.05. The molecular formula is C35H37F23O6. The lowest BCUT2D eigenvalue weighted by Gasteiger charge is -2.32. The maximum absolute atomic E-state index is 12.5. The van der Waals surface area contributed by atoms with Crippen LogP contribution in [0.15, 0.2) is 125 Å². The normalized spacial score (nSPS) is 12.6. The van der Waals surface area contributed by atoms with Gasteiger partial charge in [-0.1, -0.05) is 39.5 Å². The van der Waals surface area contributed by atoms with Crippen LogP contribution in [0.5, 0.6) is 0 Å². The van der Waals surface area contributed by atoms with Crippen LogP contribution in [0.25, 0.3) is 0 Å². The van der Waals surface area contributed by atoms with E-state index >= 15 is 0 Å². The monoisotopic (exact) mass is 990 g/mol. The second kappa shape index (κ2) is 27.0. The van der Waals surface area contributed by atoms with Crippen molar-refractivity contribution in [2.75, 3.05) is 13.7 Å². The number of hydrogen-bond acceptors (Lipinski definition) is 6. The highest BCUT2D eigenvalue weighted by molar-refractivity contribution is 5.04. The summed E-state index contributed by atoms with van der Waals surface area (Å²) in [5.41, 5.74) is 0. The molecule has 0 bridgehead atoms. The fourth-order valence-electron chi connectivity index (χ4n) is 2.36. The highest BCUT2D eigenvalue weighted by Gasteiger charge is 2.60. The molecule has 0 amide bonds. The molecule has 0 N–H and O–H groups in total. The second-order valence-electron chi connectivity index (χ2n) is 11.2. The summed E-state index contributed by atoms with van der Waals surface area (Å²) in [5, 5.41) is 0. The highest BCUT2D eigenvalue weighted by Crippen LogP contribution is 2.41. The third-order valence-electron chi connectivity index (χ3n) is 5.56. The molecule has 0 saturated heterocycles. The van der Waals surface area contributed by atoms with Crippen LogP contribution in [0.3, 0.4) is 0 Å². The average molecular weight is 991 g/mol. The fourth-order valence-corrected chi connectivity index (χ4v) is 2.36. The zero-order chi connectivity index (χ0) is 52.8. The van der Waals surface area contributed by atoms with E-state index in [0.717, 1.165) is 7.11 Å². The van der Waals surface area contributed by atoms with Gasteiger partial charge in [0.05, 0.1) is 25.2 Å². The van der Waals surface area contributed by atoms with Gasteiger partial charge in [0.25, 0.3) is 30.0 Å². The fraction of sp³-hybridized carbons (Fsp3) is 0.429. The van der Waals surface area contributed by atoms with E-state index in [2.05, 4.69) is 94.2 Å². The molecule has 0 aliphatic rings. The summed E-state index contributed by atoms with van der Waals surface area (Å²) in [6.45, 7) is 24.1. The van der Waals surface area contributed by atoms with Gasteiger partial charge in [-0.05, 0) is 26.3 Å². The van der Waals surface area contributed by atoms with E-state index in [-0.39, 0.29) is 6.92 Å². The van der Waals surface area contributed by atoms with Crippen LogP contribution < -0.4 is 0 Å². The molecule has 0 aromatic rings. The van der Waals surface area contributed by atoms with Gasteiger partial charge in [-0.2, -0.15) is 83.4 Å². The van der Waals surface area contributed by atoms with Crippen molar-refractivity contribution >= 4 is 0 Å². The molecule has 1 unspecified atom stereocenters. The molecule has 6 nitrogen and oxygen atoms in total. The van der Waals surface area contributed by atoms with Crippen molar-refractivity contribution in [1.82, 2.24) is 0 Å². The first-order valence-electron chi connectivity index (χ1n) is 15.4. The third-order valence-corrected chi connectivity index (χ3v) is 5.56. The standard InChI is InChI=1S/C8H7F7O2.C7H7F5O2.C7H8F4.C7H9F3O.C6H6F4O/c1-4(7(10,11)12)16-6(3,8(13,14)15)17-5(2)9;1-4(8)13-6(3,7(10,11)12)14-5(2)9;1-5(8)3-4-7(10,11)6(2)9;1-5(8)4-7(9,10)6(2)11-3;1-4(7)6(9,10)3-11-5(2)8/h1-2H2,3H3;1-2H2,3H3;1-4H2;1-2,4H2,3H3;1-3H2. The van der Waals surface area contributed by atoms with Gasteiger partial charge >= 0.3 is 41.9 Å².